The fourth-order valence-corrected chi connectivity index (χ4v) is 3.10. The Hall–Kier alpha value is -0.790. The summed E-state index contributed by atoms with van der Waals surface area (Å²) in [6, 6.07) is 0. The maximum absolute atomic E-state index is 10.5. The van der Waals surface area contributed by atoms with Crippen LogP contribution < -0.4 is 0 Å². The molecule has 0 spiro atoms. The SMILES string of the molecule is CCCCCCCC/C=C\CCCCCCCC.CN1CCCC1=O. The third-order valence-corrected chi connectivity index (χ3v) is 4.93. The Balaban J connectivity index is 0.000000676. The zero-order valence-electron chi connectivity index (χ0n) is 17.5. The molecule has 0 aliphatic carbocycles. The second-order valence-electron chi connectivity index (χ2n) is 7.50. The van der Waals surface area contributed by atoms with Crippen LogP contribution in [0.25, 0.3) is 0 Å². The highest BCUT2D eigenvalue weighted by Gasteiger charge is 2.14. The van der Waals surface area contributed by atoms with Gasteiger partial charge in [0.25, 0.3) is 0 Å². The predicted molar refractivity (Wildman–Crippen MR) is 112 cm³/mol. The van der Waals surface area contributed by atoms with E-state index in [1.54, 1.807) is 4.90 Å². The molecule has 1 aliphatic rings. The van der Waals surface area contributed by atoms with Gasteiger partial charge in [0.1, 0.15) is 0 Å². The molecular formula is C23H45NO. The van der Waals surface area contributed by atoms with Crippen LogP contribution in [0.1, 0.15) is 117 Å². The van der Waals surface area contributed by atoms with E-state index in [0.29, 0.717) is 5.91 Å². The molecule has 1 aliphatic heterocycles. The van der Waals surface area contributed by atoms with Crippen molar-refractivity contribution in [2.24, 2.45) is 0 Å². The number of hydrogen-bond acceptors (Lipinski definition) is 1. The van der Waals surface area contributed by atoms with Crippen molar-refractivity contribution in [2.45, 2.75) is 117 Å². The number of allylic oxidation sites excluding steroid dienone is 2. The van der Waals surface area contributed by atoms with E-state index in [0.717, 1.165) is 19.4 Å². The van der Waals surface area contributed by atoms with Crippen LogP contribution in [0.5, 0.6) is 0 Å². The molecule has 148 valence electrons. The number of nitrogens with zero attached hydrogens (tertiary/aromatic N) is 1. The fraction of sp³-hybridized carbons (Fsp3) is 0.870. The minimum atomic E-state index is 0.292. The van der Waals surface area contributed by atoms with E-state index in [4.69, 9.17) is 0 Å². The fourth-order valence-electron chi connectivity index (χ4n) is 3.10. The van der Waals surface area contributed by atoms with Gasteiger partial charge in [-0.25, -0.2) is 0 Å². The lowest BCUT2D eigenvalue weighted by molar-refractivity contribution is -0.126. The lowest BCUT2D eigenvalue weighted by Crippen LogP contribution is -2.17. The van der Waals surface area contributed by atoms with Gasteiger partial charge >= 0.3 is 0 Å². The Morgan fingerprint density at radius 3 is 1.52 bits per heavy atom. The molecule has 1 rings (SSSR count). The summed E-state index contributed by atoms with van der Waals surface area (Å²) in [4.78, 5) is 12.3. The molecule has 0 radical (unpaired) electrons. The van der Waals surface area contributed by atoms with E-state index in [-0.39, 0.29) is 0 Å². The molecule has 0 bridgehead atoms. The third kappa shape index (κ3) is 17.8. The molecule has 0 aromatic carbocycles. The minimum Gasteiger partial charge on any atom is -0.346 e. The molecule has 0 atom stereocenters. The summed E-state index contributed by atoms with van der Waals surface area (Å²) in [5, 5.41) is 0. The van der Waals surface area contributed by atoms with Crippen molar-refractivity contribution in [3.8, 4) is 0 Å². The standard InChI is InChI=1S/C18H36.C5H9NO/c1-3-5-7-9-11-13-15-17-18-16-14-12-10-8-6-4-2;1-6-4-2-3-5(6)7/h17-18H,3-16H2,1-2H3;2-4H2,1H3/b18-17-;. The smallest absolute Gasteiger partial charge is 0.222 e. The van der Waals surface area contributed by atoms with Crippen molar-refractivity contribution in [3.05, 3.63) is 12.2 Å². The Morgan fingerprint density at radius 2 is 1.20 bits per heavy atom. The quantitative estimate of drug-likeness (QED) is 0.238. The number of hydrogen-bond donors (Lipinski definition) is 0. The summed E-state index contributed by atoms with van der Waals surface area (Å²) in [7, 11) is 1.84. The van der Waals surface area contributed by atoms with Crippen molar-refractivity contribution < 1.29 is 4.79 Å². The molecule has 25 heavy (non-hydrogen) atoms. The van der Waals surface area contributed by atoms with Crippen LogP contribution in [-0.4, -0.2) is 24.4 Å². The Kier molecular flexibility index (Phi) is 18.9. The molecule has 1 saturated heterocycles. The topological polar surface area (TPSA) is 20.3 Å². The van der Waals surface area contributed by atoms with Crippen molar-refractivity contribution in [3.63, 3.8) is 0 Å². The van der Waals surface area contributed by atoms with Gasteiger partial charge in [-0.1, -0.05) is 90.2 Å². The lowest BCUT2D eigenvalue weighted by atomic mass is 10.1. The van der Waals surface area contributed by atoms with E-state index in [1.165, 1.54) is 89.9 Å². The zero-order chi connectivity index (χ0) is 18.6. The van der Waals surface area contributed by atoms with E-state index in [1.807, 2.05) is 7.05 Å². The van der Waals surface area contributed by atoms with Crippen LogP contribution in [0.2, 0.25) is 0 Å². The van der Waals surface area contributed by atoms with Crippen molar-refractivity contribution in [2.75, 3.05) is 13.6 Å². The Morgan fingerprint density at radius 1 is 0.760 bits per heavy atom. The molecule has 1 heterocycles. The monoisotopic (exact) mass is 351 g/mol. The second-order valence-corrected chi connectivity index (χ2v) is 7.50. The number of carbonyl (C=O) groups is 1. The Bertz CT molecular complexity index is 293. The normalized spacial score (nSPS) is 14.2. The van der Waals surface area contributed by atoms with Gasteiger partial charge in [-0.15, -0.1) is 0 Å². The molecule has 0 N–H and O–H groups in total. The number of likely N-dealkylation sites (tertiary alicyclic amines) is 1. The molecule has 2 heteroatoms. The van der Waals surface area contributed by atoms with Crippen LogP contribution >= 0.6 is 0 Å². The summed E-state index contributed by atoms with van der Waals surface area (Å²) >= 11 is 0. The number of carbonyl (C=O) groups excluding carboxylic acids is 1. The molecule has 0 aromatic heterocycles. The van der Waals surface area contributed by atoms with Gasteiger partial charge in [0.15, 0.2) is 0 Å². The first kappa shape index (κ1) is 24.2. The molecule has 2 nitrogen and oxygen atoms in total. The van der Waals surface area contributed by atoms with Gasteiger partial charge in [-0.2, -0.15) is 0 Å². The number of rotatable bonds is 14. The predicted octanol–water partition coefficient (Wildman–Crippen LogP) is 7.28. The summed E-state index contributed by atoms with van der Waals surface area (Å²) in [6.07, 6.45) is 26.2. The maximum Gasteiger partial charge on any atom is 0.222 e. The van der Waals surface area contributed by atoms with Crippen molar-refractivity contribution in [1.82, 2.24) is 4.90 Å². The number of amides is 1. The van der Waals surface area contributed by atoms with Crippen LogP contribution in [0, 0.1) is 0 Å². The molecule has 1 amide bonds. The van der Waals surface area contributed by atoms with E-state index in [2.05, 4.69) is 26.0 Å². The largest absolute Gasteiger partial charge is 0.346 e. The molecule has 0 saturated carbocycles. The van der Waals surface area contributed by atoms with Gasteiger partial charge in [0.05, 0.1) is 0 Å². The molecule has 0 aromatic rings. The highest BCUT2D eigenvalue weighted by Crippen LogP contribution is 2.09. The van der Waals surface area contributed by atoms with Crippen LogP contribution in [0.4, 0.5) is 0 Å². The van der Waals surface area contributed by atoms with E-state index >= 15 is 0 Å². The minimum absolute atomic E-state index is 0.292. The second kappa shape index (κ2) is 19.5. The van der Waals surface area contributed by atoms with Gasteiger partial charge < -0.3 is 4.90 Å². The average Bonchev–Trinajstić information content (AvgIpc) is 2.99. The van der Waals surface area contributed by atoms with Gasteiger partial charge in [-0.3, -0.25) is 4.79 Å². The first-order valence-electron chi connectivity index (χ1n) is 11.1. The highest BCUT2D eigenvalue weighted by molar-refractivity contribution is 5.77. The van der Waals surface area contributed by atoms with Crippen LogP contribution in [0.15, 0.2) is 12.2 Å². The molecule has 1 fully saturated rings. The zero-order valence-corrected chi connectivity index (χ0v) is 17.5. The summed E-state index contributed by atoms with van der Waals surface area (Å²) in [5.74, 6) is 0.292. The van der Waals surface area contributed by atoms with E-state index in [9.17, 15) is 4.79 Å². The first-order valence-corrected chi connectivity index (χ1v) is 11.1. The van der Waals surface area contributed by atoms with Gasteiger partial charge in [-0.05, 0) is 32.1 Å². The summed E-state index contributed by atoms with van der Waals surface area (Å²) in [6.45, 7) is 5.52. The van der Waals surface area contributed by atoms with Crippen LogP contribution in [-0.2, 0) is 4.79 Å². The number of unbranched alkanes of at least 4 members (excludes halogenated alkanes) is 12. The molecular weight excluding hydrogens is 306 g/mol. The molecule has 0 unspecified atom stereocenters. The lowest BCUT2D eigenvalue weighted by Gasteiger charge is -2.03. The highest BCUT2D eigenvalue weighted by atomic mass is 16.2. The van der Waals surface area contributed by atoms with Gasteiger partial charge in [0, 0.05) is 20.0 Å². The van der Waals surface area contributed by atoms with Crippen LogP contribution in [0.3, 0.4) is 0 Å². The summed E-state index contributed by atoms with van der Waals surface area (Å²) < 4.78 is 0. The van der Waals surface area contributed by atoms with Crippen molar-refractivity contribution >= 4 is 5.91 Å². The first-order chi connectivity index (χ1) is 12.2. The maximum atomic E-state index is 10.5. The third-order valence-electron chi connectivity index (χ3n) is 4.93. The summed E-state index contributed by atoms with van der Waals surface area (Å²) in [5.41, 5.74) is 0. The van der Waals surface area contributed by atoms with Crippen molar-refractivity contribution in [1.29, 1.82) is 0 Å². The van der Waals surface area contributed by atoms with E-state index < -0.39 is 0 Å². The van der Waals surface area contributed by atoms with Gasteiger partial charge in [0.2, 0.25) is 5.91 Å². The Labute approximate surface area is 158 Å². The average molecular weight is 352 g/mol.